The van der Waals surface area contributed by atoms with Crippen LogP contribution in [0.5, 0.6) is 0 Å². The minimum Gasteiger partial charge on any atom is -0.479 e. The molecule has 0 spiro atoms. The van der Waals surface area contributed by atoms with Gasteiger partial charge in [0.15, 0.2) is 6.61 Å². The van der Waals surface area contributed by atoms with Gasteiger partial charge < -0.3 is 10.4 Å². The zero-order chi connectivity index (χ0) is 10.1. The van der Waals surface area contributed by atoms with E-state index in [1.807, 2.05) is 11.7 Å². The molecule has 0 aliphatic rings. The van der Waals surface area contributed by atoms with Gasteiger partial charge in [-0.05, 0) is 6.26 Å². The molecule has 0 heterocycles. The first-order valence-electron chi connectivity index (χ1n) is 3.53. The summed E-state index contributed by atoms with van der Waals surface area (Å²) in [5.74, 6) is -0.337. The highest BCUT2D eigenvalue weighted by atomic mass is 32.2. The zero-order valence-electron chi connectivity index (χ0n) is 7.20. The molecule has 76 valence electrons. The molecule has 0 bridgehead atoms. The van der Waals surface area contributed by atoms with Gasteiger partial charge in [0.1, 0.15) is 0 Å². The van der Waals surface area contributed by atoms with Gasteiger partial charge in [0.2, 0.25) is 0 Å². The zero-order valence-corrected chi connectivity index (χ0v) is 8.02. The van der Waals surface area contributed by atoms with Crippen LogP contribution in [-0.2, 0) is 9.63 Å². The number of amides is 2. The second-order valence-corrected chi connectivity index (χ2v) is 3.02. The molecular formula is C6H12N2O4S. The Morgan fingerprint density at radius 1 is 1.54 bits per heavy atom. The second-order valence-electron chi connectivity index (χ2n) is 2.03. The fraction of sp³-hybridized carbons (Fsp3) is 0.667. The van der Waals surface area contributed by atoms with Crippen LogP contribution in [0.4, 0.5) is 4.79 Å². The van der Waals surface area contributed by atoms with Gasteiger partial charge in [0.05, 0.1) is 0 Å². The minimum absolute atomic E-state index is 0.517. The number of carbonyl (C=O) groups excluding carboxylic acids is 1. The van der Waals surface area contributed by atoms with E-state index in [9.17, 15) is 9.59 Å². The number of carbonyl (C=O) groups is 2. The Balaban J connectivity index is 3.25. The van der Waals surface area contributed by atoms with Crippen LogP contribution in [0.2, 0.25) is 0 Å². The van der Waals surface area contributed by atoms with Crippen molar-refractivity contribution in [3.05, 3.63) is 0 Å². The average molecular weight is 208 g/mol. The van der Waals surface area contributed by atoms with E-state index < -0.39 is 18.6 Å². The predicted molar refractivity (Wildman–Crippen MR) is 48.5 cm³/mol. The maximum absolute atomic E-state index is 10.7. The van der Waals surface area contributed by atoms with Crippen LogP contribution in [0, 0.1) is 0 Å². The third-order valence-corrected chi connectivity index (χ3v) is 1.56. The number of thioether (sulfide) groups is 1. The minimum atomic E-state index is -1.13. The van der Waals surface area contributed by atoms with Crippen LogP contribution in [-0.4, -0.2) is 42.3 Å². The largest absolute Gasteiger partial charge is 0.479 e. The molecule has 2 amide bonds. The Morgan fingerprint density at radius 3 is 2.77 bits per heavy atom. The van der Waals surface area contributed by atoms with Crippen molar-refractivity contribution in [1.29, 1.82) is 0 Å². The molecule has 0 aliphatic carbocycles. The number of rotatable bonds is 6. The van der Waals surface area contributed by atoms with E-state index in [0.717, 1.165) is 5.75 Å². The van der Waals surface area contributed by atoms with Gasteiger partial charge >= 0.3 is 12.0 Å². The molecule has 0 fully saturated rings. The van der Waals surface area contributed by atoms with E-state index in [1.54, 1.807) is 11.8 Å². The molecule has 0 aliphatic heterocycles. The molecular weight excluding hydrogens is 196 g/mol. The molecule has 3 N–H and O–H groups in total. The van der Waals surface area contributed by atoms with Gasteiger partial charge in [-0.3, -0.25) is 4.84 Å². The van der Waals surface area contributed by atoms with E-state index in [0.29, 0.717) is 6.54 Å². The first-order valence-corrected chi connectivity index (χ1v) is 4.92. The fourth-order valence-electron chi connectivity index (χ4n) is 0.466. The Bertz CT molecular complexity index is 176. The number of hydrogen-bond acceptors (Lipinski definition) is 4. The van der Waals surface area contributed by atoms with E-state index >= 15 is 0 Å². The maximum Gasteiger partial charge on any atom is 0.338 e. The van der Waals surface area contributed by atoms with E-state index in [4.69, 9.17) is 5.11 Å². The molecule has 0 radical (unpaired) electrons. The van der Waals surface area contributed by atoms with Gasteiger partial charge in [-0.25, -0.2) is 15.1 Å². The van der Waals surface area contributed by atoms with Crippen molar-refractivity contribution >= 4 is 23.8 Å². The second kappa shape index (κ2) is 7.69. The number of aliphatic carboxylic acids is 1. The summed E-state index contributed by atoms with van der Waals surface area (Å²) in [7, 11) is 0. The van der Waals surface area contributed by atoms with Gasteiger partial charge in [-0.2, -0.15) is 11.8 Å². The van der Waals surface area contributed by atoms with Crippen LogP contribution in [0.25, 0.3) is 0 Å². The molecule has 13 heavy (non-hydrogen) atoms. The standard InChI is InChI=1S/C6H12N2O4S/c1-13-3-2-7-6(11)8-12-4-5(9)10/h2-4H2,1H3,(H,9,10)(H2,7,8,11). The Labute approximate surface area is 80.0 Å². The lowest BCUT2D eigenvalue weighted by Gasteiger charge is -2.04. The van der Waals surface area contributed by atoms with Crippen LogP contribution in [0.1, 0.15) is 0 Å². The number of hydrogen-bond donors (Lipinski definition) is 3. The molecule has 7 heteroatoms. The smallest absolute Gasteiger partial charge is 0.338 e. The SMILES string of the molecule is CSCCNC(=O)NOCC(=O)O. The van der Waals surface area contributed by atoms with Crippen LogP contribution in [0.15, 0.2) is 0 Å². The lowest BCUT2D eigenvalue weighted by molar-refractivity contribution is -0.144. The summed E-state index contributed by atoms with van der Waals surface area (Å²) in [6, 6.07) is -0.532. The summed E-state index contributed by atoms with van der Waals surface area (Å²) in [5, 5.41) is 10.6. The van der Waals surface area contributed by atoms with Gasteiger partial charge in [0, 0.05) is 12.3 Å². The summed E-state index contributed by atoms with van der Waals surface area (Å²) in [4.78, 5) is 25.0. The van der Waals surface area contributed by atoms with Crippen LogP contribution >= 0.6 is 11.8 Å². The van der Waals surface area contributed by atoms with E-state index in [1.165, 1.54) is 0 Å². The molecule has 0 aromatic carbocycles. The van der Waals surface area contributed by atoms with Gasteiger partial charge in [-0.1, -0.05) is 0 Å². The lowest BCUT2D eigenvalue weighted by atomic mass is 10.7. The first-order chi connectivity index (χ1) is 6.16. The molecule has 6 nitrogen and oxygen atoms in total. The van der Waals surface area contributed by atoms with Crippen LogP contribution < -0.4 is 10.8 Å². The molecule has 0 saturated heterocycles. The van der Waals surface area contributed by atoms with Gasteiger partial charge in [-0.15, -0.1) is 0 Å². The molecule has 0 aromatic heterocycles. The average Bonchev–Trinajstić information content (AvgIpc) is 2.04. The molecule has 0 saturated carbocycles. The number of urea groups is 1. The normalized spacial score (nSPS) is 9.31. The fourth-order valence-corrected chi connectivity index (χ4v) is 0.772. The Morgan fingerprint density at radius 2 is 2.23 bits per heavy atom. The van der Waals surface area contributed by atoms with Crippen LogP contribution in [0.3, 0.4) is 0 Å². The summed E-state index contributed by atoms with van der Waals surface area (Å²) in [6.07, 6.45) is 1.92. The van der Waals surface area contributed by atoms with Crippen molar-refractivity contribution in [1.82, 2.24) is 10.8 Å². The number of carboxylic acid groups (broad SMARTS) is 1. The summed E-state index contributed by atoms with van der Waals surface area (Å²) in [6.45, 7) is -0.0284. The van der Waals surface area contributed by atoms with Crippen molar-refractivity contribution in [2.45, 2.75) is 0 Å². The van der Waals surface area contributed by atoms with Gasteiger partial charge in [0.25, 0.3) is 0 Å². The predicted octanol–water partition coefficient (Wildman–Crippen LogP) is -0.335. The van der Waals surface area contributed by atoms with Crippen molar-refractivity contribution in [2.24, 2.45) is 0 Å². The van der Waals surface area contributed by atoms with Crippen molar-refractivity contribution in [3.8, 4) is 0 Å². The summed E-state index contributed by atoms with van der Waals surface area (Å²) in [5.41, 5.74) is 1.93. The molecule has 0 aromatic rings. The lowest BCUT2D eigenvalue weighted by Crippen LogP contribution is -2.37. The number of nitrogens with one attached hydrogen (secondary N) is 2. The van der Waals surface area contributed by atoms with Crippen molar-refractivity contribution < 1.29 is 19.5 Å². The van der Waals surface area contributed by atoms with Crippen molar-refractivity contribution in [2.75, 3.05) is 25.2 Å². The molecule has 0 rings (SSSR count). The van der Waals surface area contributed by atoms with E-state index in [2.05, 4.69) is 10.2 Å². The summed E-state index contributed by atoms with van der Waals surface area (Å²) < 4.78 is 0. The third kappa shape index (κ3) is 8.96. The topological polar surface area (TPSA) is 87.7 Å². The van der Waals surface area contributed by atoms with Crippen molar-refractivity contribution in [3.63, 3.8) is 0 Å². The molecule has 0 unspecified atom stereocenters. The number of hydroxylamine groups is 1. The highest BCUT2D eigenvalue weighted by Gasteiger charge is 2.00. The van der Waals surface area contributed by atoms with E-state index in [-0.39, 0.29) is 0 Å². The number of carboxylic acids is 1. The first kappa shape index (κ1) is 12.0. The molecule has 0 atom stereocenters. The third-order valence-electron chi connectivity index (χ3n) is 0.952. The Kier molecular flexibility index (Phi) is 7.12. The summed E-state index contributed by atoms with van der Waals surface area (Å²) >= 11 is 1.59. The Hall–Kier alpha value is -0.950. The highest BCUT2D eigenvalue weighted by Crippen LogP contribution is 1.86. The monoisotopic (exact) mass is 208 g/mol. The highest BCUT2D eigenvalue weighted by molar-refractivity contribution is 7.98. The maximum atomic E-state index is 10.7. The quantitative estimate of drug-likeness (QED) is 0.411.